The molecule has 0 aliphatic carbocycles. The van der Waals surface area contributed by atoms with Crippen LogP contribution in [0.15, 0.2) is 24.3 Å². The first kappa shape index (κ1) is 12.5. The maximum Gasteiger partial charge on any atom is 0.334 e. The Hall–Kier alpha value is -1.55. The van der Waals surface area contributed by atoms with E-state index in [-0.39, 0.29) is 18.8 Å². The Morgan fingerprint density at radius 3 is 2.75 bits per heavy atom. The van der Waals surface area contributed by atoms with Crippen LogP contribution in [-0.2, 0) is 16.0 Å². The second-order valence-corrected chi connectivity index (χ2v) is 3.44. The van der Waals surface area contributed by atoms with Gasteiger partial charge in [-0.1, -0.05) is 18.2 Å². The van der Waals surface area contributed by atoms with Crippen molar-refractivity contribution in [3.8, 4) is 5.75 Å². The number of aliphatic hydroxyl groups excluding tert-OH is 1. The van der Waals surface area contributed by atoms with Gasteiger partial charge in [-0.3, -0.25) is 0 Å². The van der Waals surface area contributed by atoms with E-state index in [1.165, 1.54) is 0 Å². The van der Waals surface area contributed by atoms with Crippen LogP contribution < -0.4 is 0 Å². The lowest BCUT2D eigenvalue weighted by atomic mass is 10.1. The Balaban J connectivity index is 2.46. The minimum Gasteiger partial charge on any atom is -0.508 e. The van der Waals surface area contributed by atoms with Crippen molar-refractivity contribution < 1.29 is 19.7 Å². The molecule has 0 aromatic heterocycles. The third kappa shape index (κ3) is 3.55. The summed E-state index contributed by atoms with van der Waals surface area (Å²) in [7, 11) is 0. The number of para-hydroxylation sites is 1. The van der Waals surface area contributed by atoms with Crippen LogP contribution in [-0.4, -0.2) is 28.9 Å². The highest BCUT2D eigenvalue weighted by Gasteiger charge is 2.16. The van der Waals surface area contributed by atoms with Crippen LogP contribution in [0.5, 0.6) is 5.75 Å². The fourth-order valence-electron chi connectivity index (χ4n) is 1.37. The van der Waals surface area contributed by atoms with E-state index in [0.29, 0.717) is 12.0 Å². The minimum absolute atomic E-state index is 0.179. The molecule has 16 heavy (non-hydrogen) atoms. The van der Waals surface area contributed by atoms with Crippen molar-refractivity contribution in [1.29, 1.82) is 0 Å². The van der Waals surface area contributed by atoms with Gasteiger partial charge in [0.2, 0.25) is 0 Å². The highest BCUT2D eigenvalue weighted by atomic mass is 16.5. The van der Waals surface area contributed by atoms with Crippen LogP contribution in [0.25, 0.3) is 0 Å². The van der Waals surface area contributed by atoms with Gasteiger partial charge in [0, 0.05) is 0 Å². The Kier molecular flexibility index (Phi) is 4.79. The molecule has 1 aromatic carbocycles. The number of phenols is 1. The first-order valence-electron chi connectivity index (χ1n) is 5.26. The SMILES string of the molecule is CCOC(=O)C(O)CCc1ccccc1O. The van der Waals surface area contributed by atoms with Crippen molar-refractivity contribution in [1.82, 2.24) is 0 Å². The van der Waals surface area contributed by atoms with E-state index in [1.54, 1.807) is 31.2 Å². The van der Waals surface area contributed by atoms with Crippen molar-refractivity contribution >= 4 is 5.97 Å². The largest absolute Gasteiger partial charge is 0.508 e. The van der Waals surface area contributed by atoms with E-state index in [0.717, 1.165) is 0 Å². The number of phenolic OH excluding ortho intramolecular Hbond substituents is 1. The number of benzene rings is 1. The van der Waals surface area contributed by atoms with Gasteiger partial charge < -0.3 is 14.9 Å². The van der Waals surface area contributed by atoms with Crippen LogP contribution in [0.3, 0.4) is 0 Å². The van der Waals surface area contributed by atoms with Gasteiger partial charge in [-0.15, -0.1) is 0 Å². The third-order valence-electron chi connectivity index (χ3n) is 2.24. The zero-order valence-corrected chi connectivity index (χ0v) is 9.22. The van der Waals surface area contributed by atoms with Gasteiger partial charge in [0.15, 0.2) is 6.10 Å². The van der Waals surface area contributed by atoms with E-state index in [4.69, 9.17) is 0 Å². The van der Waals surface area contributed by atoms with Crippen molar-refractivity contribution in [3.63, 3.8) is 0 Å². The summed E-state index contributed by atoms with van der Waals surface area (Å²) in [6.07, 6.45) is -0.442. The molecule has 1 unspecified atom stereocenters. The molecule has 0 fully saturated rings. The number of ether oxygens (including phenoxy) is 1. The fourth-order valence-corrected chi connectivity index (χ4v) is 1.37. The molecule has 0 spiro atoms. The number of rotatable bonds is 5. The van der Waals surface area contributed by atoms with Crippen molar-refractivity contribution in [2.45, 2.75) is 25.9 Å². The van der Waals surface area contributed by atoms with Crippen LogP contribution in [0.1, 0.15) is 18.9 Å². The molecular weight excluding hydrogens is 208 g/mol. The maximum atomic E-state index is 11.1. The van der Waals surface area contributed by atoms with E-state index < -0.39 is 12.1 Å². The number of hydrogen-bond donors (Lipinski definition) is 2. The molecule has 1 atom stereocenters. The first-order chi connectivity index (χ1) is 7.65. The maximum absolute atomic E-state index is 11.1. The number of aromatic hydroxyl groups is 1. The van der Waals surface area contributed by atoms with E-state index >= 15 is 0 Å². The second-order valence-electron chi connectivity index (χ2n) is 3.44. The molecule has 0 aliphatic heterocycles. The average molecular weight is 224 g/mol. The Morgan fingerprint density at radius 2 is 2.12 bits per heavy atom. The molecule has 88 valence electrons. The molecule has 1 aromatic rings. The lowest BCUT2D eigenvalue weighted by Gasteiger charge is -2.09. The third-order valence-corrected chi connectivity index (χ3v) is 2.24. The Morgan fingerprint density at radius 1 is 1.44 bits per heavy atom. The summed E-state index contributed by atoms with van der Waals surface area (Å²) in [6.45, 7) is 1.94. The van der Waals surface area contributed by atoms with Gasteiger partial charge in [0.05, 0.1) is 6.61 Å². The molecule has 0 amide bonds. The van der Waals surface area contributed by atoms with Crippen LogP contribution in [0.2, 0.25) is 0 Å². The van der Waals surface area contributed by atoms with E-state index in [1.807, 2.05) is 0 Å². The highest BCUT2D eigenvalue weighted by molar-refractivity contribution is 5.74. The quantitative estimate of drug-likeness (QED) is 0.739. The highest BCUT2D eigenvalue weighted by Crippen LogP contribution is 2.18. The van der Waals surface area contributed by atoms with Gasteiger partial charge in [-0.25, -0.2) is 4.79 Å². The minimum atomic E-state index is -1.13. The Bertz CT molecular complexity index is 349. The number of hydrogen-bond acceptors (Lipinski definition) is 4. The molecule has 0 saturated carbocycles. The van der Waals surface area contributed by atoms with Crippen molar-refractivity contribution in [3.05, 3.63) is 29.8 Å². The molecule has 0 heterocycles. The van der Waals surface area contributed by atoms with Crippen LogP contribution >= 0.6 is 0 Å². The number of aryl methyl sites for hydroxylation is 1. The first-order valence-corrected chi connectivity index (χ1v) is 5.26. The van der Waals surface area contributed by atoms with Gasteiger partial charge in [-0.2, -0.15) is 0 Å². The average Bonchev–Trinajstić information content (AvgIpc) is 2.28. The summed E-state index contributed by atoms with van der Waals surface area (Å²) >= 11 is 0. The van der Waals surface area contributed by atoms with Crippen LogP contribution in [0, 0.1) is 0 Å². The molecule has 0 saturated heterocycles. The lowest BCUT2D eigenvalue weighted by molar-refractivity contribution is -0.153. The summed E-state index contributed by atoms with van der Waals surface area (Å²) in [6, 6.07) is 6.85. The predicted octanol–water partition coefficient (Wildman–Crippen LogP) is 1.25. The molecule has 0 bridgehead atoms. The number of aliphatic hydroxyl groups is 1. The zero-order chi connectivity index (χ0) is 12.0. The van der Waals surface area contributed by atoms with Gasteiger partial charge in [0.1, 0.15) is 5.75 Å². The van der Waals surface area contributed by atoms with Gasteiger partial charge in [0.25, 0.3) is 0 Å². The monoisotopic (exact) mass is 224 g/mol. The molecular formula is C12H16O4. The van der Waals surface area contributed by atoms with E-state index in [9.17, 15) is 15.0 Å². The summed E-state index contributed by atoms with van der Waals surface area (Å²) in [5, 5.41) is 18.9. The standard InChI is InChI=1S/C12H16O4/c1-2-16-12(15)11(14)8-7-9-5-3-4-6-10(9)13/h3-6,11,13-14H,2,7-8H2,1H3. The summed E-state index contributed by atoms with van der Waals surface area (Å²) < 4.78 is 4.67. The lowest BCUT2D eigenvalue weighted by Crippen LogP contribution is -2.23. The zero-order valence-electron chi connectivity index (χ0n) is 9.22. The number of carbonyl (C=O) groups excluding carboxylic acids is 1. The van der Waals surface area contributed by atoms with Gasteiger partial charge in [-0.05, 0) is 31.4 Å². The molecule has 2 N–H and O–H groups in total. The predicted molar refractivity (Wildman–Crippen MR) is 59.1 cm³/mol. The molecule has 0 radical (unpaired) electrons. The fraction of sp³-hybridized carbons (Fsp3) is 0.417. The topological polar surface area (TPSA) is 66.8 Å². The van der Waals surface area contributed by atoms with Crippen molar-refractivity contribution in [2.24, 2.45) is 0 Å². The summed E-state index contributed by atoms with van der Waals surface area (Å²) in [5.41, 5.74) is 0.714. The van der Waals surface area contributed by atoms with Gasteiger partial charge >= 0.3 is 5.97 Å². The van der Waals surface area contributed by atoms with Crippen LogP contribution in [0.4, 0.5) is 0 Å². The number of esters is 1. The second kappa shape index (κ2) is 6.12. The van der Waals surface area contributed by atoms with Crippen molar-refractivity contribution in [2.75, 3.05) is 6.61 Å². The molecule has 4 heteroatoms. The summed E-state index contributed by atoms with van der Waals surface area (Å²) in [4.78, 5) is 11.1. The molecule has 1 rings (SSSR count). The molecule has 0 aliphatic rings. The molecule has 4 nitrogen and oxygen atoms in total. The normalized spacial score (nSPS) is 12.1. The number of carbonyl (C=O) groups is 1. The Labute approximate surface area is 94.5 Å². The summed E-state index contributed by atoms with van der Waals surface area (Å²) in [5.74, 6) is -0.434. The van der Waals surface area contributed by atoms with E-state index in [2.05, 4.69) is 4.74 Å². The smallest absolute Gasteiger partial charge is 0.334 e.